The summed E-state index contributed by atoms with van der Waals surface area (Å²) in [4.78, 5) is 40.8. The number of amides is 2. The molecule has 3 atom stereocenters. The van der Waals surface area contributed by atoms with E-state index in [9.17, 15) is 14.4 Å². The van der Waals surface area contributed by atoms with E-state index < -0.39 is 38.1 Å². The minimum atomic E-state index is -2.86. The van der Waals surface area contributed by atoms with Gasteiger partial charge in [0.2, 0.25) is 5.91 Å². The van der Waals surface area contributed by atoms with E-state index in [1.54, 1.807) is 17.0 Å². The zero-order valence-corrected chi connectivity index (χ0v) is 36.8. The molecule has 12 heteroatoms. The van der Waals surface area contributed by atoms with Gasteiger partial charge in [-0.1, -0.05) is 87.5 Å². The van der Waals surface area contributed by atoms with Crippen LogP contribution in [-0.4, -0.2) is 81.9 Å². The number of fused-ring (bicyclic) bond motifs is 1. The molecule has 1 saturated heterocycles. The molecule has 2 heterocycles. The van der Waals surface area contributed by atoms with E-state index in [1.807, 2.05) is 89.2 Å². The second kappa shape index (κ2) is 17.9. The second-order valence-corrected chi connectivity index (χ2v) is 21.8. The molecular weight excluding hydrogens is 765 g/mol. The molecule has 2 aliphatic heterocycles. The van der Waals surface area contributed by atoms with Gasteiger partial charge in [-0.25, -0.2) is 9.59 Å². The number of anilines is 1. The van der Waals surface area contributed by atoms with E-state index in [4.69, 9.17) is 28.1 Å². The van der Waals surface area contributed by atoms with Crippen LogP contribution in [0.3, 0.4) is 0 Å². The van der Waals surface area contributed by atoms with Gasteiger partial charge < -0.3 is 33.4 Å². The second-order valence-electron chi connectivity index (χ2n) is 17.5. The van der Waals surface area contributed by atoms with Crippen LogP contribution in [0.1, 0.15) is 82.8 Å². The van der Waals surface area contributed by atoms with E-state index in [-0.39, 0.29) is 48.1 Å². The molecule has 6 rings (SSSR count). The lowest BCUT2D eigenvalue weighted by Crippen LogP contribution is -2.67. The predicted octanol–water partition coefficient (Wildman–Crippen LogP) is 7.85. The first-order valence-corrected chi connectivity index (χ1v) is 22.2. The Morgan fingerprint density at radius 2 is 1.53 bits per heavy atom. The molecule has 0 spiro atoms. The summed E-state index contributed by atoms with van der Waals surface area (Å²) in [5.74, 6) is 0.514. The van der Waals surface area contributed by atoms with Crippen molar-refractivity contribution in [2.24, 2.45) is 0 Å². The first-order valence-electron chi connectivity index (χ1n) is 20.3. The lowest BCUT2D eigenvalue weighted by molar-refractivity contribution is -0.116. The standard InChI is InChI=1S/C47H58N2O9Si/c1-31-24-40(54-30-34-26-36(28-49(34)45(52)58-46(3,4)5)57-35-22-20-33-21-23-42(50)48-39(33)27-35)43(44(51)53-9)41(25-31)56-32(2)29-55-59(47(6,7)8,37-16-12-10-13-17-37)38-18-14-11-15-19-38/h10-20,22,24-25,27,32,34,36H,21,23,26,28-30H2,1-9H3,(H,48,50)/t32-,34+,36-/m0/s1. The van der Waals surface area contributed by atoms with Crippen molar-refractivity contribution in [3.05, 3.63) is 108 Å². The first-order chi connectivity index (χ1) is 28.0. The van der Waals surface area contributed by atoms with Crippen LogP contribution in [0.25, 0.3) is 0 Å². The molecule has 4 aromatic carbocycles. The number of aryl methyl sites for hydroxylation is 2. The minimum absolute atomic E-state index is 0.0296. The Morgan fingerprint density at radius 1 is 0.881 bits per heavy atom. The normalized spacial score (nSPS) is 17.4. The van der Waals surface area contributed by atoms with Gasteiger partial charge in [-0.2, -0.15) is 0 Å². The number of rotatable bonds is 13. The lowest BCUT2D eigenvalue weighted by Gasteiger charge is -2.43. The molecule has 0 bridgehead atoms. The Labute approximate surface area is 349 Å². The molecule has 0 aromatic heterocycles. The number of hydrogen-bond donors (Lipinski definition) is 1. The Balaban J connectivity index is 1.23. The van der Waals surface area contributed by atoms with E-state index in [1.165, 1.54) is 7.11 Å². The zero-order chi connectivity index (χ0) is 42.5. The van der Waals surface area contributed by atoms with Gasteiger partial charge in [0.05, 0.1) is 26.3 Å². The van der Waals surface area contributed by atoms with Gasteiger partial charge in [-0.3, -0.25) is 9.69 Å². The van der Waals surface area contributed by atoms with Crippen molar-refractivity contribution >= 4 is 42.3 Å². The molecule has 1 N–H and O–H groups in total. The molecule has 314 valence electrons. The van der Waals surface area contributed by atoms with Crippen LogP contribution in [0.5, 0.6) is 17.2 Å². The quantitative estimate of drug-likeness (QED) is 0.106. The third-order valence-corrected chi connectivity index (χ3v) is 15.6. The third-order valence-electron chi connectivity index (χ3n) is 10.6. The number of likely N-dealkylation sites (tertiary alicyclic amines) is 1. The summed E-state index contributed by atoms with van der Waals surface area (Å²) in [6.07, 6.45) is 0.201. The van der Waals surface area contributed by atoms with E-state index in [0.717, 1.165) is 27.2 Å². The van der Waals surface area contributed by atoms with Crippen LogP contribution in [0.15, 0.2) is 91.0 Å². The van der Waals surface area contributed by atoms with Gasteiger partial charge in [0.1, 0.15) is 47.2 Å². The summed E-state index contributed by atoms with van der Waals surface area (Å²) in [7, 11) is -1.54. The molecule has 0 unspecified atom stereocenters. The van der Waals surface area contributed by atoms with E-state index in [2.05, 4.69) is 50.4 Å². The molecule has 11 nitrogen and oxygen atoms in total. The summed E-state index contributed by atoms with van der Waals surface area (Å²) < 4.78 is 37.6. The largest absolute Gasteiger partial charge is 0.490 e. The Kier molecular flexibility index (Phi) is 13.1. The van der Waals surface area contributed by atoms with Crippen molar-refractivity contribution in [3.63, 3.8) is 0 Å². The summed E-state index contributed by atoms with van der Waals surface area (Å²) in [5.41, 5.74) is 2.00. The highest BCUT2D eigenvalue weighted by Crippen LogP contribution is 2.38. The average molecular weight is 823 g/mol. The summed E-state index contributed by atoms with van der Waals surface area (Å²) in [6, 6.07) is 29.6. The Hall–Kier alpha value is -5.33. The predicted molar refractivity (Wildman–Crippen MR) is 231 cm³/mol. The maximum absolute atomic E-state index is 13.6. The number of ether oxygens (including phenoxy) is 5. The Morgan fingerprint density at radius 3 is 2.14 bits per heavy atom. The van der Waals surface area contributed by atoms with Gasteiger partial charge in [-0.15, -0.1) is 0 Å². The molecule has 2 amide bonds. The van der Waals surface area contributed by atoms with Crippen LogP contribution >= 0.6 is 0 Å². The SMILES string of the molecule is COC(=O)c1c(OC[C@H]2C[C@H](Oc3ccc4c(c3)NC(=O)CC4)CN2C(=O)OC(C)(C)C)cc(C)cc1O[C@@H](C)CO[Si](c1ccccc1)(c1ccccc1)C(C)(C)C. The summed E-state index contributed by atoms with van der Waals surface area (Å²) in [6.45, 7) is 16.5. The average Bonchev–Trinajstić information content (AvgIpc) is 3.59. The van der Waals surface area contributed by atoms with Crippen LogP contribution in [0, 0.1) is 6.92 Å². The van der Waals surface area contributed by atoms with Gasteiger partial charge in [0, 0.05) is 24.6 Å². The molecule has 0 radical (unpaired) electrons. The minimum Gasteiger partial charge on any atom is -0.490 e. The Bertz CT molecular complexity index is 2070. The first kappa shape index (κ1) is 43.3. The number of carbonyl (C=O) groups is 3. The zero-order valence-electron chi connectivity index (χ0n) is 35.8. The third kappa shape index (κ3) is 10.1. The van der Waals surface area contributed by atoms with Crippen LogP contribution in [0.2, 0.25) is 5.04 Å². The highest BCUT2D eigenvalue weighted by molar-refractivity contribution is 6.99. The lowest BCUT2D eigenvalue weighted by atomic mass is 10.0. The van der Waals surface area contributed by atoms with E-state index in [0.29, 0.717) is 30.8 Å². The molecular formula is C47H58N2O9Si. The fraction of sp³-hybridized carbons (Fsp3) is 0.426. The maximum atomic E-state index is 13.6. The number of carbonyl (C=O) groups excluding carboxylic acids is 3. The summed E-state index contributed by atoms with van der Waals surface area (Å²) >= 11 is 0. The fourth-order valence-corrected chi connectivity index (χ4v) is 12.6. The highest BCUT2D eigenvalue weighted by atomic mass is 28.4. The number of hydrogen-bond acceptors (Lipinski definition) is 9. The van der Waals surface area contributed by atoms with Crippen molar-refractivity contribution in [2.45, 2.75) is 104 Å². The van der Waals surface area contributed by atoms with Crippen molar-refractivity contribution in [2.75, 3.05) is 32.2 Å². The highest BCUT2D eigenvalue weighted by Gasteiger charge is 2.50. The van der Waals surface area contributed by atoms with Gasteiger partial charge in [0.25, 0.3) is 8.32 Å². The molecule has 0 aliphatic carbocycles. The van der Waals surface area contributed by atoms with Gasteiger partial charge in [0.15, 0.2) is 0 Å². The molecule has 2 aliphatic rings. The maximum Gasteiger partial charge on any atom is 0.410 e. The number of methoxy groups -OCH3 is 1. The van der Waals surface area contributed by atoms with Crippen molar-refractivity contribution in [1.82, 2.24) is 4.90 Å². The van der Waals surface area contributed by atoms with Crippen molar-refractivity contribution < 1.29 is 42.5 Å². The molecule has 0 saturated carbocycles. The number of esters is 1. The molecule has 1 fully saturated rings. The van der Waals surface area contributed by atoms with Crippen molar-refractivity contribution in [1.29, 1.82) is 0 Å². The topological polar surface area (TPSA) is 122 Å². The van der Waals surface area contributed by atoms with Crippen LogP contribution in [-0.2, 0) is 25.1 Å². The summed E-state index contributed by atoms with van der Waals surface area (Å²) in [5, 5.41) is 5.00. The monoisotopic (exact) mass is 822 g/mol. The fourth-order valence-electron chi connectivity index (χ4n) is 7.95. The van der Waals surface area contributed by atoms with Gasteiger partial charge >= 0.3 is 12.1 Å². The number of nitrogens with zero attached hydrogens (tertiary/aromatic N) is 1. The van der Waals surface area contributed by atoms with Crippen molar-refractivity contribution in [3.8, 4) is 17.2 Å². The number of benzene rings is 4. The smallest absolute Gasteiger partial charge is 0.410 e. The van der Waals surface area contributed by atoms with Gasteiger partial charge in [-0.05, 0) is 85.8 Å². The molecule has 59 heavy (non-hydrogen) atoms. The van der Waals surface area contributed by atoms with Crippen LogP contribution in [0.4, 0.5) is 10.5 Å². The number of nitrogens with one attached hydrogen (secondary N) is 1. The van der Waals surface area contributed by atoms with Crippen LogP contribution < -0.4 is 29.9 Å². The molecule has 4 aromatic rings. The van der Waals surface area contributed by atoms with E-state index >= 15 is 0 Å².